The molecule has 12 heteroatoms. The van der Waals surface area contributed by atoms with Crippen LogP contribution in [0.15, 0.2) is 78.1 Å². The highest BCUT2D eigenvalue weighted by Gasteiger charge is 2.54. The minimum absolute atomic E-state index is 0.0349. The number of ether oxygens (including phenoxy) is 1. The van der Waals surface area contributed by atoms with Crippen LogP contribution in [-0.2, 0) is 16.0 Å². The standard InChI is InChI=1S/C59H79N5O7/c1-4-21-61-34-51(62-5-2)49-30-48-42(33-64-50-29-43(65)13-14-44(48)50)24-47(49)40-17-20-59(57(70)27-40)19-16-39(46-32-54(68)55(71-3)26-38(46)12-15-56(59)69)25-52(66)53(67)31-45(41-18-22-63-58(60)28-41)37-11-10-35-8-6-7-9-36(35)23-37/h6-11,18,23,26,28,32,39-40,42,44-45,47-53,57,61-64,66-68,70H,4-5,12-15,17,20-22,24-25,27,29-31,33-34,60H2,1-3H3. The van der Waals surface area contributed by atoms with Crippen LogP contribution in [0.5, 0.6) is 11.5 Å². The molecule has 14 unspecified atom stereocenters. The summed E-state index contributed by atoms with van der Waals surface area (Å²) in [6, 6.07) is 18.4. The fourth-order valence-electron chi connectivity index (χ4n) is 14.2. The fraction of sp³-hybridized carbons (Fsp3) is 0.593. The van der Waals surface area contributed by atoms with Crippen LogP contribution in [0.25, 0.3) is 10.8 Å². The van der Waals surface area contributed by atoms with E-state index in [2.05, 4.69) is 83.4 Å². The number of carbonyl (C=O) groups is 2. The quantitative estimate of drug-likeness (QED) is 0.0560. The van der Waals surface area contributed by atoms with Gasteiger partial charge in [-0.3, -0.25) is 9.59 Å². The first-order valence-electron chi connectivity index (χ1n) is 27.0. The molecule has 3 aromatic carbocycles. The fourth-order valence-corrected chi connectivity index (χ4v) is 14.2. The van der Waals surface area contributed by atoms with Crippen molar-refractivity contribution in [3.8, 4) is 23.3 Å². The number of piperidine rings is 1. The van der Waals surface area contributed by atoms with Gasteiger partial charge in [-0.25, -0.2) is 0 Å². The molecule has 0 radical (unpaired) electrons. The first-order valence-corrected chi connectivity index (χ1v) is 27.0. The van der Waals surface area contributed by atoms with Gasteiger partial charge in [0.15, 0.2) is 17.3 Å². The third kappa shape index (κ3) is 11.0. The number of phenols is 1. The summed E-state index contributed by atoms with van der Waals surface area (Å²) in [5, 5.41) is 64.8. The Morgan fingerprint density at radius 1 is 0.944 bits per heavy atom. The number of aliphatic hydroxyl groups excluding tert-OH is 3. The molecule has 0 amide bonds. The van der Waals surface area contributed by atoms with Crippen LogP contribution >= 0.6 is 0 Å². The molecule has 71 heavy (non-hydrogen) atoms. The van der Waals surface area contributed by atoms with Crippen LogP contribution in [0, 0.1) is 52.8 Å². The predicted molar refractivity (Wildman–Crippen MR) is 279 cm³/mol. The van der Waals surface area contributed by atoms with Gasteiger partial charge in [0.1, 0.15) is 11.2 Å². The number of phenolic OH excluding ortho intramolecular Hbond substituents is 1. The number of rotatable bonds is 16. The molecule has 0 bridgehead atoms. The maximum Gasteiger partial charge on any atom is 0.160 e. The number of benzene rings is 3. The molecule has 2 aliphatic heterocycles. The molecule has 9 rings (SSSR count). The number of methoxy groups -OCH3 is 1. The number of aryl methyl sites for hydroxylation is 1. The van der Waals surface area contributed by atoms with Crippen LogP contribution in [0.3, 0.4) is 0 Å². The first-order chi connectivity index (χ1) is 34.4. The monoisotopic (exact) mass is 970 g/mol. The number of Topliss-reactive ketones (excluding diaryl/α,β-unsaturated/α-hetero) is 2. The van der Waals surface area contributed by atoms with Gasteiger partial charge in [-0.15, -0.1) is 0 Å². The van der Waals surface area contributed by atoms with Gasteiger partial charge >= 0.3 is 0 Å². The summed E-state index contributed by atoms with van der Waals surface area (Å²) in [7, 11) is 1.49. The summed E-state index contributed by atoms with van der Waals surface area (Å²) < 4.78 is 5.55. The Balaban J connectivity index is 0.993. The van der Waals surface area contributed by atoms with Crippen LogP contribution in [-0.4, -0.2) is 102 Å². The first kappa shape index (κ1) is 51.2. The summed E-state index contributed by atoms with van der Waals surface area (Å²) in [6.07, 6.45) is 8.48. The van der Waals surface area contributed by atoms with Crippen LogP contribution < -0.4 is 31.7 Å². The number of hydrogen-bond donors (Lipinski definition) is 9. The summed E-state index contributed by atoms with van der Waals surface area (Å²) in [4.78, 5) is 27.4. The highest BCUT2D eigenvalue weighted by molar-refractivity contribution is 5.89. The lowest BCUT2D eigenvalue weighted by molar-refractivity contribution is -0.136. The number of allylic oxidation sites excluding steroid dienone is 2. The van der Waals surface area contributed by atoms with E-state index in [1.807, 2.05) is 18.2 Å². The van der Waals surface area contributed by atoms with E-state index in [9.17, 15) is 30.0 Å². The lowest BCUT2D eigenvalue weighted by atomic mass is 9.53. The van der Waals surface area contributed by atoms with Gasteiger partial charge < -0.3 is 52.2 Å². The zero-order chi connectivity index (χ0) is 49.8. The minimum Gasteiger partial charge on any atom is -0.504 e. The number of likely N-dealkylation sites (N-methyl/N-ethyl adjacent to an activating group) is 1. The Kier molecular flexibility index (Phi) is 16.3. The van der Waals surface area contributed by atoms with Crippen molar-refractivity contribution in [1.29, 1.82) is 0 Å². The number of ketones is 2. The van der Waals surface area contributed by atoms with Crippen molar-refractivity contribution < 1.29 is 34.8 Å². The van der Waals surface area contributed by atoms with Crippen molar-refractivity contribution in [2.75, 3.05) is 39.8 Å². The highest BCUT2D eigenvalue weighted by atomic mass is 16.5. The van der Waals surface area contributed by atoms with Gasteiger partial charge in [0.25, 0.3) is 0 Å². The van der Waals surface area contributed by atoms with Crippen molar-refractivity contribution in [3.63, 3.8) is 0 Å². The van der Waals surface area contributed by atoms with Crippen LogP contribution in [0.4, 0.5) is 0 Å². The van der Waals surface area contributed by atoms with E-state index in [1.54, 1.807) is 12.1 Å². The van der Waals surface area contributed by atoms with Crippen molar-refractivity contribution in [2.24, 2.45) is 46.7 Å². The maximum atomic E-state index is 14.8. The molecule has 3 saturated carbocycles. The van der Waals surface area contributed by atoms with Gasteiger partial charge in [0, 0.05) is 56.3 Å². The van der Waals surface area contributed by atoms with Gasteiger partial charge in [-0.05, 0) is 171 Å². The minimum atomic E-state index is -1.30. The molecular weight excluding hydrogens is 891 g/mol. The lowest BCUT2D eigenvalue weighted by Crippen LogP contribution is -2.59. The van der Waals surface area contributed by atoms with Crippen molar-refractivity contribution in [3.05, 3.63) is 94.8 Å². The van der Waals surface area contributed by atoms with E-state index in [1.165, 1.54) is 7.11 Å². The second kappa shape index (κ2) is 22.6. The Hall–Kier alpha value is -4.74. The molecule has 1 spiro atoms. The zero-order valence-corrected chi connectivity index (χ0v) is 42.2. The summed E-state index contributed by atoms with van der Waals surface area (Å²) in [5.74, 6) is 9.44. The Labute approximate surface area is 421 Å². The number of dihydropyridines is 1. The second-order valence-electron chi connectivity index (χ2n) is 22.0. The third-order valence-corrected chi connectivity index (χ3v) is 17.9. The van der Waals surface area contributed by atoms with Gasteiger partial charge in [0.05, 0.1) is 31.2 Å². The zero-order valence-electron chi connectivity index (χ0n) is 42.2. The summed E-state index contributed by atoms with van der Waals surface area (Å²) in [5.41, 5.74) is 8.38. The second-order valence-corrected chi connectivity index (χ2v) is 22.0. The molecule has 4 fully saturated rings. The molecule has 3 aromatic rings. The number of fused-ring (bicyclic) bond motifs is 5. The van der Waals surface area contributed by atoms with Crippen molar-refractivity contribution in [2.45, 2.75) is 140 Å². The summed E-state index contributed by atoms with van der Waals surface area (Å²) >= 11 is 0. The van der Waals surface area contributed by atoms with Gasteiger partial charge in [0.2, 0.25) is 0 Å². The average molecular weight is 970 g/mol. The predicted octanol–water partition coefficient (Wildman–Crippen LogP) is 6.50. The molecule has 0 aromatic heterocycles. The molecule has 6 aliphatic rings. The van der Waals surface area contributed by atoms with E-state index in [-0.39, 0.29) is 60.5 Å². The summed E-state index contributed by atoms with van der Waals surface area (Å²) in [6.45, 7) is 8.54. The highest BCUT2D eigenvalue weighted by Crippen LogP contribution is 2.54. The number of hydrogen-bond acceptors (Lipinski definition) is 12. The molecule has 14 atom stereocenters. The van der Waals surface area contributed by atoms with Crippen LogP contribution in [0.2, 0.25) is 0 Å². The largest absolute Gasteiger partial charge is 0.504 e. The van der Waals surface area contributed by atoms with E-state index >= 15 is 0 Å². The third-order valence-electron chi connectivity index (χ3n) is 17.9. The number of nitrogens with one attached hydrogen (secondary N) is 4. The smallest absolute Gasteiger partial charge is 0.160 e. The normalized spacial score (nSPS) is 31.4. The number of aliphatic hydroxyl groups is 3. The maximum absolute atomic E-state index is 14.8. The van der Waals surface area contributed by atoms with Gasteiger partial charge in [-0.2, -0.15) is 0 Å². The molecule has 4 aliphatic carbocycles. The molecule has 1 saturated heterocycles. The van der Waals surface area contributed by atoms with E-state index in [0.29, 0.717) is 85.4 Å². The SMILES string of the molecule is CCCNCC(NCC)C1CC2C(CNC3CC(=O)CCC32)CC1C1CCC2(C#CC(CC(O)C(O)CC(C3=CCNC(N)=C3)c3ccc4ccccc4c3)c3cc(O)c(OC)cc3CCC2=O)C(O)C1. The number of carbonyl (C=O) groups excluding carboxylic acids is 2. The lowest BCUT2D eigenvalue weighted by Gasteiger charge is -2.55. The van der Waals surface area contributed by atoms with E-state index < -0.39 is 29.6 Å². The molecule has 12 nitrogen and oxygen atoms in total. The average Bonchev–Trinajstić information content (AvgIpc) is 3.42. The van der Waals surface area contributed by atoms with Crippen LogP contribution in [0.1, 0.15) is 119 Å². The van der Waals surface area contributed by atoms with Gasteiger partial charge in [-0.1, -0.05) is 74.2 Å². The van der Waals surface area contributed by atoms with E-state index in [0.717, 1.165) is 85.8 Å². The number of aromatic hydroxyl groups is 1. The van der Waals surface area contributed by atoms with Crippen molar-refractivity contribution in [1.82, 2.24) is 21.3 Å². The Morgan fingerprint density at radius 2 is 1.77 bits per heavy atom. The van der Waals surface area contributed by atoms with Crippen molar-refractivity contribution >= 4 is 22.3 Å². The molecule has 2 heterocycles. The Morgan fingerprint density at radius 3 is 2.55 bits per heavy atom. The topological polar surface area (TPSA) is 198 Å². The molecule has 382 valence electrons. The van der Waals surface area contributed by atoms with E-state index in [4.69, 9.17) is 10.5 Å². The number of nitrogens with two attached hydrogens (primary N) is 1. The Bertz CT molecular complexity index is 2520. The molecule has 10 N–H and O–H groups in total. The molecular formula is C59H79N5O7.